The van der Waals surface area contributed by atoms with Crippen molar-refractivity contribution in [1.82, 2.24) is 0 Å². The Morgan fingerprint density at radius 1 is 0.968 bits per heavy atom. The molecule has 2 unspecified atom stereocenters. The molecular weight excluding hydrogens is 405 g/mol. The Hall–Kier alpha value is -0.330. The Morgan fingerprint density at radius 3 is 2.29 bits per heavy atom. The maximum absolute atomic E-state index is 13.2. The van der Waals surface area contributed by atoms with Crippen LogP contribution in [0.2, 0.25) is 0 Å². The van der Waals surface area contributed by atoms with Crippen LogP contribution in [0, 0.1) is 46.3 Å². The van der Waals surface area contributed by atoms with Crippen molar-refractivity contribution in [3.8, 4) is 0 Å². The SMILES string of the molecule is COC[C@]1(O)CC[C@@]2(C)[C@H](CC[C@@H]3[C@@H]2CC[C@]2(C)[C@@H](C(C)C(O)C(F)(F)F)CC[C@@H]32)C1. The molecule has 0 bridgehead atoms. The fourth-order valence-electron chi connectivity index (χ4n) is 9.14. The number of rotatable bonds is 4. The summed E-state index contributed by atoms with van der Waals surface area (Å²) < 4.78 is 45.0. The minimum atomic E-state index is -4.54. The molecule has 0 aromatic carbocycles. The first kappa shape index (κ1) is 23.8. The Kier molecular flexibility index (Phi) is 6.05. The van der Waals surface area contributed by atoms with Crippen LogP contribution in [-0.4, -0.2) is 41.8 Å². The van der Waals surface area contributed by atoms with Crippen LogP contribution in [0.4, 0.5) is 13.2 Å². The van der Waals surface area contributed by atoms with Crippen molar-refractivity contribution in [1.29, 1.82) is 0 Å². The molecule has 4 rings (SSSR count). The van der Waals surface area contributed by atoms with Gasteiger partial charge in [-0.3, -0.25) is 0 Å². The van der Waals surface area contributed by atoms with Gasteiger partial charge in [-0.25, -0.2) is 0 Å². The van der Waals surface area contributed by atoms with E-state index in [0.29, 0.717) is 30.3 Å². The molecule has 0 spiro atoms. The Balaban J connectivity index is 1.53. The second-order valence-electron chi connectivity index (χ2n) is 12.1. The average Bonchev–Trinajstić information content (AvgIpc) is 3.04. The van der Waals surface area contributed by atoms with E-state index in [1.165, 1.54) is 0 Å². The number of hydrogen-bond acceptors (Lipinski definition) is 3. The Morgan fingerprint density at radius 2 is 1.65 bits per heavy atom. The van der Waals surface area contributed by atoms with E-state index < -0.39 is 23.8 Å². The molecule has 2 N–H and O–H groups in total. The van der Waals surface area contributed by atoms with Crippen LogP contribution in [0.5, 0.6) is 0 Å². The number of fused-ring (bicyclic) bond motifs is 5. The predicted molar refractivity (Wildman–Crippen MR) is 113 cm³/mol. The van der Waals surface area contributed by atoms with Crippen LogP contribution < -0.4 is 0 Å². The van der Waals surface area contributed by atoms with Crippen molar-refractivity contribution < 1.29 is 28.1 Å². The van der Waals surface area contributed by atoms with Gasteiger partial charge in [0, 0.05) is 7.11 Å². The maximum atomic E-state index is 13.2. The molecule has 6 heteroatoms. The summed E-state index contributed by atoms with van der Waals surface area (Å²) in [4.78, 5) is 0. The van der Waals surface area contributed by atoms with Crippen molar-refractivity contribution in [2.75, 3.05) is 13.7 Å². The summed E-state index contributed by atoms with van der Waals surface area (Å²) in [6.45, 7) is 6.65. The number of aliphatic hydroxyl groups is 2. The molecule has 4 aliphatic carbocycles. The van der Waals surface area contributed by atoms with Crippen LogP contribution in [-0.2, 0) is 4.74 Å². The molecule has 10 atom stereocenters. The van der Waals surface area contributed by atoms with Gasteiger partial charge in [-0.05, 0) is 104 Å². The average molecular weight is 447 g/mol. The molecule has 0 radical (unpaired) electrons. The molecule has 3 nitrogen and oxygen atoms in total. The lowest BCUT2D eigenvalue weighted by Crippen LogP contribution is -2.57. The Bertz CT molecular complexity index is 669. The fraction of sp³-hybridized carbons (Fsp3) is 1.00. The highest BCUT2D eigenvalue weighted by molar-refractivity contribution is 5.11. The van der Waals surface area contributed by atoms with Crippen LogP contribution >= 0.6 is 0 Å². The smallest absolute Gasteiger partial charge is 0.387 e. The summed E-state index contributed by atoms with van der Waals surface area (Å²) in [6, 6.07) is 0. The van der Waals surface area contributed by atoms with Gasteiger partial charge in [0.25, 0.3) is 0 Å². The molecule has 4 saturated carbocycles. The van der Waals surface area contributed by atoms with Crippen LogP contribution in [0.1, 0.15) is 78.6 Å². The molecule has 0 aromatic rings. The van der Waals surface area contributed by atoms with E-state index in [1.807, 2.05) is 0 Å². The first-order valence-corrected chi connectivity index (χ1v) is 12.3. The molecule has 0 aromatic heterocycles. The van der Waals surface area contributed by atoms with Gasteiger partial charge in [0.1, 0.15) is 0 Å². The summed E-state index contributed by atoms with van der Waals surface area (Å²) in [5.74, 6) is 1.29. The zero-order chi connectivity index (χ0) is 22.8. The van der Waals surface area contributed by atoms with E-state index in [-0.39, 0.29) is 16.7 Å². The van der Waals surface area contributed by atoms with Crippen LogP contribution in [0.3, 0.4) is 0 Å². The minimum Gasteiger partial charge on any atom is -0.387 e. The van der Waals surface area contributed by atoms with Crippen molar-refractivity contribution in [3.05, 3.63) is 0 Å². The summed E-state index contributed by atoms with van der Waals surface area (Å²) >= 11 is 0. The van der Waals surface area contributed by atoms with Gasteiger partial charge in [-0.15, -0.1) is 0 Å². The van der Waals surface area contributed by atoms with Gasteiger partial charge in [-0.2, -0.15) is 13.2 Å². The van der Waals surface area contributed by atoms with Crippen LogP contribution in [0.15, 0.2) is 0 Å². The molecule has 0 saturated heterocycles. The number of halogens is 3. The first-order chi connectivity index (χ1) is 14.4. The van der Waals surface area contributed by atoms with E-state index >= 15 is 0 Å². The molecule has 0 aliphatic heterocycles. The predicted octanol–water partition coefficient (Wildman–Crippen LogP) is 5.58. The normalized spacial score (nSPS) is 49.6. The highest BCUT2D eigenvalue weighted by Crippen LogP contribution is 2.69. The lowest BCUT2D eigenvalue weighted by atomic mass is 9.43. The molecule has 0 amide bonds. The number of ether oxygens (including phenoxy) is 1. The van der Waals surface area contributed by atoms with E-state index in [9.17, 15) is 23.4 Å². The molecule has 31 heavy (non-hydrogen) atoms. The molecule has 4 aliphatic rings. The van der Waals surface area contributed by atoms with E-state index in [2.05, 4.69) is 13.8 Å². The summed E-state index contributed by atoms with van der Waals surface area (Å²) in [5.41, 5.74) is -0.614. The van der Waals surface area contributed by atoms with Gasteiger partial charge in [0.15, 0.2) is 6.10 Å². The standard InChI is InChI=1S/C25H41F3O3/c1-15(21(29)25(26,27)28)18-7-8-19-17-6-5-16-13-24(30,14-31-4)12-11-22(16,2)20(17)9-10-23(18,19)3/h15-21,29-30H,5-14H2,1-4H3/t15?,16-,17+,18-,19+,20+,21?,22+,23-,24+/m1/s1. The molecular formula is C25H41F3O3. The zero-order valence-electron chi connectivity index (χ0n) is 19.5. The summed E-state index contributed by atoms with van der Waals surface area (Å²) in [7, 11) is 1.65. The van der Waals surface area contributed by atoms with Gasteiger partial charge >= 0.3 is 6.18 Å². The van der Waals surface area contributed by atoms with Crippen molar-refractivity contribution in [2.24, 2.45) is 46.3 Å². The maximum Gasteiger partial charge on any atom is 0.414 e. The fourth-order valence-corrected chi connectivity index (χ4v) is 9.14. The van der Waals surface area contributed by atoms with Crippen molar-refractivity contribution >= 4 is 0 Å². The lowest BCUT2D eigenvalue weighted by molar-refractivity contribution is -0.228. The van der Waals surface area contributed by atoms with Crippen LogP contribution in [0.25, 0.3) is 0 Å². The molecule has 0 heterocycles. The molecule has 180 valence electrons. The van der Waals surface area contributed by atoms with E-state index in [0.717, 1.165) is 57.8 Å². The van der Waals surface area contributed by atoms with Gasteiger partial charge in [-0.1, -0.05) is 20.8 Å². The van der Waals surface area contributed by atoms with Gasteiger partial charge in [0.2, 0.25) is 0 Å². The highest BCUT2D eigenvalue weighted by atomic mass is 19.4. The van der Waals surface area contributed by atoms with Crippen molar-refractivity contribution in [2.45, 2.75) is 96.4 Å². The summed E-state index contributed by atoms with van der Waals surface area (Å²) in [5, 5.41) is 21.0. The lowest BCUT2D eigenvalue weighted by Gasteiger charge is -2.62. The zero-order valence-corrected chi connectivity index (χ0v) is 19.5. The number of hydrogen-bond donors (Lipinski definition) is 2. The van der Waals surface area contributed by atoms with Crippen molar-refractivity contribution in [3.63, 3.8) is 0 Å². The quantitative estimate of drug-likeness (QED) is 0.593. The minimum absolute atomic E-state index is 0.0706. The number of alkyl halides is 3. The third-order valence-electron chi connectivity index (χ3n) is 10.8. The monoisotopic (exact) mass is 446 g/mol. The van der Waals surface area contributed by atoms with Gasteiger partial charge < -0.3 is 14.9 Å². The van der Waals surface area contributed by atoms with Gasteiger partial charge in [0.05, 0.1) is 12.2 Å². The number of aliphatic hydroxyl groups excluding tert-OH is 1. The Labute approximate surface area is 185 Å². The third-order valence-corrected chi connectivity index (χ3v) is 10.8. The summed E-state index contributed by atoms with van der Waals surface area (Å²) in [6.07, 6.45) is 1.86. The second kappa shape index (κ2) is 7.87. The number of methoxy groups -OCH3 is 1. The topological polar surface area (TPSA) is 49.7 Å². The van der Waals surface area contributed by atoms with E-state index in [4.69, 9.17) is 4.74 Å². The first-order valence-electron chi connectivity index (χ1n) is 12.3. The second-order valence-corrected chi connectivity index (χ2v) is 12.1. The largest absolute Gasteiger partial charge is 0.414 e. The third kappa shape index (κ3) is 3.77. The van der Waals surface area contributed by atoms with E-state index in [1.54, 1.807) is 14.0 Å². The molecule has 4 fully saturated rings. The highest BCUT2D eigenvalue weighted by Gasteiger charge is 2.62.